The average Bonchev–Trinajstić information content (AvgIpc) is 2.57. The summed E-state index contributed by atoms with van der Waals surface area (Å²) in [5.74, 6) is 1.26. The van der Waals surface area contributed by atoms with E-state index in [0.717, 1.165) is 32.0 Å². The molecule has 0 saturated carbocycles. The highest BCUT2D eigenvalue weighted by Crippen LogP contribution is 2.14. The van der Waals surface area contributed by atoms with Gasteiger partial charge in [-0.25, -0.2) is 9.97 Å². The third kappa shape index (κ3) is 3.40. The molecule has 1 saturated heterocycles. The Labute approximate surface area is 129 Å². The van der Waals surface area contributed by atoms with E-state index in [1.165, 1.54) is 0 Å². The lowest BCUT2D eigenvalue weighted by molar-refractivity contribution is 0.102. The van der Waals surface area contributed by atoms with Crippen molar-refractivity contribution in [1.29, 1.82) is 0 Å². The van der Waals surface area contributed by atoms with Crippen molar-refractivity contribution in [3.8, 4) is 0 Å². The molecule has 1 N–H and O–H groups in total. The molecule has 0 atom stereocenters. The Morgan fingerprint density at radius 3 is 2.55 bits per heavy atom. The van der Waals surface area contributed by atoms with Gasteiger partial charge in [0.15, 0.2) is 0 Å². The first kappa shape index (κ1) is 14.5. The molecule has 3 rings (SSSR count). The van der Waals surface area contributed by atoms with Crippen molar-refractivity contribution >= 4 is 17.5 Å². The third-order valence-corrected chi connectivity index (χ3v) is 3.74. The number of pyridine rings is 2. The Morgan fingerprint density at radius 2 is 1.91 bits per heavy atom. The Bertz CT molecular complexity index is 621. The van der Waals surface area contributed by atoms with Crippen LogP contribution in [0.2, 0.25) is 0 Å². The standard InChI is InChI=1S/C16H19N5O/c1-20-8-10-21(11-9-20)15-6-5-13(12-18-15)16(22)19-14-4-2-3-7-17-14/h2-7,12H,8-11H2,1H3,(H,17,19,22). The summed E-state index contributed by atoms with van der Waals surface area (Å²) in [7, 11) is 2.12. The zero-order chi connectivity index (χ0) is 15.4. The van der Waals surface area contributed by atoms with Gasteiger partial charge in [-0.2, -0.15) is 0 Å². The van der Waals surface area contributed by atoms with Gasteiger partial charge in [-0.05, 0) is 31.3 Å². The first-order chi connectivity index (χ1) is 10.7. The molecule has 0 bridgehead atoms. The van der Waals surface area contributed by atoms with Gasteiger partial charge >= 0.3 is 0 Å². The van der Waals surface area contributed by atoms with Gasteiger partial charge in [0.25, 0.3) is 5.91 Å². The second-order valence-corrected chi connectivity index (χ2v) is 5.36. The van der Waals surface area contributed by atoms with E-state index in [1.54, 1.807) is 24.5 Å². The molecule has 0 unspecified atom stereocenters. The summed E-state index contributed by atoms with van der Waals surface area (Å²) in [4.78, 5) is 25.2. The number of nitrogens with one attached hydrogen (secondary N) is 1. The predicted molar refractivity (Wildman–Crippen MR) is 86.1 cm³/mol. The van der Waals surface area contributed by atoms with E-state index in [0.29, 0.717) is 11.4 Å². The summed E-state index contributed by atoms with van der Waals surface area (Å²) in [6.07, 6.45) is 3.26. The van der Waals surface area contributed by atoms with E-state index < -0.39 is 0 Å². The topological polar surface area (TPSA) is 61.4 Å². The fourth-order valence-electron chi connectivity index (χ4n) is 2.37. The van der Waals surface area contributed by atoms with Gasteiger partial charge in [-0.1, -0.05) is 6.07 Å². The molecule has 0 spiro atoms. The van der Waals surface area contributed by atoms with Crippen LogP contribution in [0.3, 0.4) is 0 Å². The fourth-order valence-corrected chi connectivity index (χ4v) is 2.37. The van der Waals surface area contributed by atoms with Crippen LogP contribution in [-0.2, 0) is 0 Å². The SMILES string of the molecule is CN1CCN(c2ccc(C(=O)Nc3ccccn3)cn2)CC1. The smallest absolute Gasteiger partial charge is 0.258 e. The lowest BCUT2D eigenvalue weighted by atomic mass is 10.2. The van der Waals surface area contributed by atoms with Crippen LogP contribution in [0.25, 0.3) is 0 Å². The van der Waals surface area contributed by atoms with Crippen LogP contribution in [0.1, 0.15) is 10.4 Å². The molecule has 1 aliphatic rings. The van der Waals surface area contributed by atoms with Crippen LogP contribution in [0, 0.1) is 0 Å². The zero-order valence-electron chi connectivity index (χ0n) is 12.6. The minimum atomic E-state index is -0.198. The summed E-state index contributed by atoms with van der Waals surface area (Å²) in [6, 6.07) is 9.10. The minimum Gasteiger partial charge on any atom is -0.354 e. The molecule has 1 aliphatic heterocycles. The highest BCUT2D eigenvalue weighted by molar-refractivity contribution is 6.03. The van der Waals surface area contributed by atoms with E-state index in [1.807, 2.05) is 18.2 Å². The van der Waals surface area contributed by atoms with Crippen molar-refractivity contribution in [2.45, 2.75) is 0 Å². The number of carbonyl (C=O) groups excluding carboxylic acids is 1. The van der Waals surface area contributed by atoms with E-state index in [9.17, 15) is 4.79 Å². The fraction of sp³-hybridized carbons (Fsp3) is 0.312. The summed E-state index contributed by atoms with van der Waals surface area (Å²) >= 11 is 0. The number of nitrogens with zero attached hydrogens (tertiary/aromatic N) is 4. The number of amides is 1. The molecule has 114 valence electrons. The third-order valence-electron chi connectivity index (χ3n) is 3.74. The quantitative estimate of drug-likeness (QED) is 0.930. The van der Waals surface area contributed by atoms with Gasteiger partial charge in [0.2, 0.25) is 0 Å². The first-order valence-corrected chi connectivity index (χ1v) is 7.34. The molecule has 2 aromatic heterocycles. The van der Waals surface area contributed by atoms with Crippen LogP contribution in [0.15, 0.2) is 42.7 Å². The van der Waals surface area contributed by atoms with E-state index in [4.69, 9.17) is 0 Å². The highest BCUT2D eigenvalue weighted by atomic mass is 16.1. The van der Waals surface area contributed by atoms with Crippen molar-refractivity contribution in [2.24, 2.45) is 0 Å². The Hall–Kier alpha value is -2.47. The van der Waals surface area contributed by atoms with Crippen LogP contribution in [0.5, 0.6) is 0 Å². The molecule has 22 heavy (non-hydrogen) atoms. The van der Waals surface area contributed by atoms with Gasteiger partial charge in [0.1, 0.15) is 11.6 Å². The second-order valence-electron chi connectivity index (χ2n) is 5.36. The number of anilines is 2. The summed E-state index contributed by atoms with van der Waals surface area (Å²) < 4.78 is 0. The summed E-state index contributed by atoms with van der Waals surface area (Å²) in [6.45, 7) is 3.99. The largest absolute Gasteiger partial charge is 0.354 e. The maximum Gasteiger partial charge on any atom is 0.258 e. The summed E-state index contributed by atoms with van der Waals surface area (Å²) in [5, 5.41) is 2.75. The molecule has 0 aromatic carbocycles. The maximum atomic E-state index is 12.1. The molecular weight excluding hydrogens is 278 g/mol. The van der Waals surface area contributed by atoms with Crippen LogP contribution in [-0.4, -0.2) is 54.0 Å². The number of aromatic nitrogens is 2. The molecule has 3 heterocycles. The lowest BCUT2D eigenvalue weighted by Crippen LogP contribution is -2.44. The number of hydrogen-bond acceptors (Lipinski definition) is 5. The van der Waals surface area contributed by atoms with Gasteiger partial charge in [-0.3, -0.25) is 4.79 Å². The molecule has 6 heteroatoms. The van der Waals surface area contributed by atoms with Crippen LogP contribution >= 0.6 is 0 Å². The van der Waals surface area contributed by atoms with Crippen LogP contribution < -0.4 is 10.2 Å². The van der Waals surface area contributed by atoms with Gasteiger partial charge in [0.05, 0.1) is 5.56 Å². The van der Waals surface area contributed by atoms with Crippen LogP contribution in [0.4, 0.5) is 11.6 Å². The Kier molecular flexibility index (Phi) is 4.29. The van der Waals surface area contributed by atoms with E-state index >= 15 is 0 Å². The van der Waals surface area contributed by atoms with Crippen molar-refractivity contribution in [3.63, 3.8) is 0 Å². The number of rotatable bonds is 3. The number of hydrogen-bond donors (Lipinski definition) is 1. The average molecular weight is 297 g/mol. The van der Waals surface area contributed by atoms with Crippen molar-refractivity contribution in [3.05, 3.63) is 48.3 Å². The molecular formula is C16H19N5O. The molecule has 0 aliphatic carbocycles. The molecule has 6 nitrogen and oxygen atoms in total. The van der Waals surface area contributed by atoms with Crippen molar-refractivity contribution < 1.29 is 4.79 Å². The first-order valence-electron chi connectivity index (χ1n) is 7.34. The Morgan fingerprint density at radius 1 is 1.09 bits per heavy atom. The van der Waals surface area contributed by atoms with Gasteiger partial charge < -0.3 is 15.1 Å². The summed E-state index contributed by atoms with van der Waals surface area (Å²) in [5.41, 5.74) is 0.531. The van der Waals surface area contributed by atoms with E-state index in [-0.39, 0.29) is 5.91 Å². The normalized spacial score (nSPS) is 15.6. The number of piperazine rings is 1. The second kappa shape index (κ2) is 6.53. The lowest BCUT2D eigenvalue weighted by Gasteiger charge is -2.33. The molecule has 0 radical (unpaired) electrons. The zero-order valence-corrected chi connectivity index (χ0v) is 12.6. The van der Waals surface area contributed by atoms with E-state index in [2.05, 4.69) is 32.1 Å². The predicted octanol–water partition coefficient (Wildman–Crippen LogP) is 1.48. The molecule has 1 fully saturated rings. The number of carbonyl (C=O) groups is 1. The highest BCUT2D eigenvalue weighted by Gasteiger charge is 2.15. The number of likely N-dealkylation sites (N-methyl/N-ethyl adjacent to an activating group) is 1. The maximum absolute atomic E-state index is 12.1. The Balaban J connectivity index is 1.65. The minimum absolute atomic E-state index is 0.198. The van der Waals surface area contributed by atoms with Gasteiger partial charge in [-0.15, -0.1) is 0 Å². The van der Waals surface area contributed by atoms with Crippen molar-refractivity contribution in [1.82, 2.24) is 14.9 Å². The molecule has 2 aromatic rings. The van der Waals surface area contributed by atoms with Crippen molar-refractivity contribution in [2.75, 3.05) is 43.4 Å². The monoisotopic (exact) mass is 297 g/mol. The van der Waals surface area contributed by atoms with Gasteiger partial charge in [0, 0.05) is 38.6 Å². The molecule has 1 amide bonds.